The van der Waals surface area contributed by atoms with Crippen molar-refractivity contribution in [2.45, 2.75) is 26.2 Å². The van der Waals surface area contributed by atoms with Crippen LogP contribution in [0.5, 0.6) is 0 Å². The van der Waals surface area contributed by atoms with E-state index in [0.717, 1.165) is 0 Å². The standard InChI is InChI=1S/C12H16O4/c1-8(13)11-10(15)6-9(14)7-12(11)2-4-16-5-3-12/h6,11,15H,2-5,7H2,1H3. The molecule has 1 aliphatic carbocycles. The predicted octanol–water partition coefficient (Wildman–Crippen LogP) is 1.40. The molecule has 0 aromatic heterocycles. The minimum atomic E-state index is -0.519. The van der Waals surface area contributed by atoms with E-state index in [2.05, 4.69) is 0 Å². The first-order chi connectivity index (χ1) is 7.55. The molecular weight excluding hydrogens is 208 g/mol. The molecule has 2 rings (SSSR count). The summed E-state index contributed by atoms with van der Waals surface area (Å²) in [5, 5.41) is 9.81. The molecule has 1 unspecified atom stereocenters. The van der Waals surface area contributed by atoms with Crippen molar-refractivity contribution in [3.05, 3.63) is 11.8 Å². The van der Waals surface area contributed by atoms with E-state index >= 15 is 0 Å². The van der Waals surface area contributed by atoms with Crippen LogP contribution in [-0.2, 0) is 14.3 Å². The summed E-state index contributed by atoms with van der Waals surface area (Å²) in [5.41, 5.74) is -0.403. The van der Waals surface area contributed by atoms with E-state index in [1.807, 2.05) is 0 Å². The molecule has 1 spiro atoms. The first kappa shape index (κ1) is 11.3. The maximum absolute atomic E-state index is 11.6. The molecule has 0 bridgehead atoms. The van der Waals surface area contributed by atoms with Crippen LogP contribution < -0.4 is 0 Å². The van der Waals surface area contributed by atoms with Gasteiger partial charge in [0.15, 0.2) is 5.78 Å². The van der Waals surface area contributed by atoms with Gasteiger partial charge in [-0.15, -0.1) is 0 Å². The lowest BCUT2D eigenvalue weighted by atomic mass is 9.62. The van der Waals surface area contributed by atoms with Gasteiger partial charge in [-0.3, -0.25) is 9.59 Å². The van der Waals surface area contributed by atoms with Gasteiger partial charge in [-0.25, -0.2) is 0 Å². The van der Waals surface area contributed by atoms with Crippen LogP contribution in [0.2, 0.25) is 0 Å². The summed E-state index contributed by atoms with van der Waals surface area (Å²) in [6.07, 6.45) is 2.89. The summed E-state index contributed by atoms with van der Waals surface area (Å²) in [4.78, 5) is 23.2. The Balaban J connectivity index is 2.37. The van der Waals surface area contributed by atoms with E-state index in [4.69, 9.17) is 4.74 Å². The van der Waals surface area contributed by atoms with Crippen molar-refractivity contribution < 1.29 is 19.4 Å². The van der Waals surface area contributed by atoms with Crippen LogP contribution in [0, 0.1) is 11.3 Å². The fourth-order valence-corrected chi connectivity index (χ4v) is 2.94. The first-order valence-electron chi connectivity index (χ1n) is 5.57. The monoisotopic (exact) mass is 224 g/mol. The first-order valence-corrected chi connectivity index (χ1v) is 5.57. The zero-order chi connectivity index (χ0) is 11.8. The largest absolute Gasteiger partial charge is 0.511 e. The van der Waals surface area contributed by atoms with Crippen LogP contribution in [0.25, 0.3) is 0 Å². The molecule has 1 atom stereocenters. The second kappa shape index (κ2) is 4.01. The van der Waals surface area contributed by atoms with Crippen molar-refractivity contribution in [3.8, 4) is 0 Å². The number of rotatable bonds is 1. The minimum absolute atomic E-state index is 0.0642. The number of ether oxygens (including phenoxy) is 1. The average molecular weight is 224 g/mol. The lowest BCUT2D eigenvalue weighted by Gasteiger charge is -2.43. The molecule has 4 nitrogen and oxygen atoms in total. The lowest BCUT2D eigenvalue weighted by Crippen LogP contribution is -2.44. The van der Waals surface area contributed by atoms with E-state index in [1.54, 1.807) is 0 Å². The molecule has 1 saturated heterocycles. The molecule has 0 amide bonds. The number of hydrogen-bond acceptors (Lipinski definition) is 4. The molecule has 1 heterocycles. The predicted molar refractivity (Wildman–Crippen MR) is 57.0 cm³/mol. The third-order valence-electron chi connectivity index (χ3n) is 3.64. The van der Waals surface area contributed by atoms with Crippen molar-refractivity contribution in [1.82, 2.24) is 0 Å². The number of aliphatic hydroxyl groups excluding tert-OH is 1. The summed E-state index contributed by atoms with van der Waals surface area (Å²) in [5.74, 6) is -0.736. The molecule has 16 heavy (non-hydrogen) atoms. The van der Waals surface area contributed by atoms with Crippen LogP contribution in [-0.4, -0.2) is 29.9 Å². The minimum Gasteiger partial charge on any atom is -0.511 e. The molecule has 0 saturated carbocycles. The van der Waals surface area contributed by atoms with Gasteiger partial charge in [0.2, 0.25) is 0 Å². The van der Waals surface area contributed by atoms with E-state index in [9.17, 15) is 14.7 Å². The van der Waals surface area contributed by atoms with Crippen molar-refractivity contribution in [2.75, 3.05) is 13.2 Å². The summed E-state index contributed by atoms with van der Waals surface area (Å²) >= 11 is 0. The molecule has 4 heteroatoms. The van der Waals surface area contributed by atoms with Crippen LogP contribution in [0.1, 0.15) is 26.2 Å². The highest BCUT2D eigenvalue weighted by atomic mass is 16.5. The Morgan fingerprint density at radius 2 is 2.12 bits per heavy atom. The van der Waals surface area contributed by atoms with Gasteiger partial charge in [0.1, 0.15) is 11.5 Å². The van der Waals surface area contributed by atoms with Gasteiger partial charge in [0, 0.05) is 25.7 Å². The molecule has 0 radical (unpaired) electrons. The van der Waals surface area contributed by atoms with Crippen molar-refractivity contribution in [3.63, 3.8) is 0 Å². The summed E-state index contributed by atoms with van der Waals surface area (Å²) in [6, 6.07) is 0. The Labute approximate surface area is 94.3 Å². The van der Waals surface area contributed by atoms with E-state index in [0.29, 0.717) is 32.5 Å². The van der Waals surface area contributed by atoms with Crippen LogP contribution in [0.15, 0.2) is 11.8 Å². The Bertz CT molecular complexity index is 350. The number of aliphatic hydroxyl groups is 1. The Hall–Kier alpha value is -1.16. The number of allylic oxidation sites excluding steroid dienone is 2. The maximum atomic E-state index is 11.6. The second-order valence-corrected chi connectivity index (χ2v) is 4.73. The summed E-state index contributed by atoms with van der Waals surface area (Å²) in [6.45, 7) is 2.59. The van der Waals surface area contributed by atoms with Crippen molar-refractivity contribution in [2.24, 2.45) is 11.3 Å². The molecule has 1 N–H and O–H groups in total. The normalized spacial score (nSPS) is 28.9. The Kier molecular flexibility index (Phi) is 2.84. The van der Waals surface area contributed by atoms with Gasteiger partial charge in [0.05, 0.1) is 5.92 Å². The third kappa shape index (κ3) is 1.78. The van der Waals surface area contributed by atoms with Gasteiger partial charge in [-0.1, -0.05) is 0 Å². The molecule has 0 aromatic carbocycles. The number of ketones is 2. The lowest BCUT2D eigenvalue weighted by molar-refractivity contribution is -0.133. The molecule has 1 aliphatic heterocycles. The third-order valence-corrected chi connectivity index (χ3v) is 3.64. The number of carbonyl (C=O) groups excluding carboxylic acids is 2. The van der Waals surface area contributed by atoms with Crippen LogP contribution in [0.4, 0.5) is 0 Å². The highest BCUT2D eigenvalue weighted by Crippen LogP contribution is 2.47. The SMILES string of the molecule is CC(=O)C1C(O)=CC(=O)CC12CCOCC2. The summed E-state index contributed by atoms with van der Waals surface area (Å²) < 4.78 is 5.27. The molecule has 0 aromatic rings. The molecule has 2 aliphatic rings. The van der Waals surface area contributed by atoms with E-state index in [1.165, 1.54) is 13.0 Å². The summed E-state index contributed by atoms with van der Waals surface area (Å²) in [7, 11) is 0. The fraction of sp³-hybridized carbons (Fsp3) is 0.667. The maximum Gasteiger partial charge on any atom is 0.159 e. The second-order valence-electron chi connectivity index (χ2n) is 4.73. The van der Waals surface area contributed by atoms with Crippen molar-refractivity contribution in [1.29, 1.82) is 0 Å². The van der Waals surface area contributed by atoms with E-state index in [-0.39, 0.29) is 17.3 Å². The average Bonchev–Trinajstić information content (AvgIpc) is 2.16. The smallest absolute Gasteiger partial charge is 0.159 e. The van der Waals surface area contributed by atoms with E-state index < -0.39 is 11.3 Å². The number of hydrogen-bond donors (Lipinski definition) is 1. The number of Topliss-reactive ketones (excluding diaryl/α,β-unsaturated/α-hetero) is 1. The zero-order valence-electron chi connectivity index (χ0n) is 9.36. The molecule has 1 fully saturated rings. The van der Waals surface area contributed by atoms with Crippen LogP contribution in [0.3, 0.4) is 0 Å². The zero-order valence-corrected chi connectivity index (χ0v) is 9.36. The highest BCUT2D eigenvalue weighted by molar-refractivity contribution is 5.95. The van der Waals surface area contributed by atoms with Gasteiger partial charge in [-0.05, 0) is 25.2 Å². The van der Waals surface area contributed by atoms with Gasteiger partial charge < -0.3 is 9.84 Å². The van der Waals surface area contributed by atoms with Crippen LogP contribution >= 0.6 is 0 Å². The van der Waals surface area contributed by atoms with Gasteiger partial charge >= 0.3 is 0 Å². The van der Waals surface area contributed by atoms with Gasteiger partial charge in [0.25, 0.3) is 0 Å². The Morgan fingerprint density at radius 3 is 2.69 bits per heavy atom. The number of carbonyl (C=O) groups is 2. The van der Waals surface area contributed by atoms with Crippen molar-refractivity contribution >= 4 is 11.6 Å². The topological polar surface area (TPSA) is 63.6 Å². The highest BCUT2D eigenvalue weighted by Gasteiger charge is 2.48. The molecule has 88 valence electrons. The molecular formula is C12H16O4. The van der Waals surface area contributed by atoms with Gasteiger partial charge in [-0.2, -0.15) is 0 Å². The Morgan fingerprint density at radius 1 is 1.50 bits per heavy atom. The quantitative estimate of drug-likeness (QED) is 0.731. The fourth-order valence-electron chi connectivity index (χ4n) is 2.94.